The van der Waals surface area contributed by atoms with Gasteiger partial charge in [-0.25, -0.2) is 9.37 Å². The van der Waals surface area contributed by atoms with E-state index in [-0.39, 0.29) is 11.8 Å². The number of aryl methyl sites for hydroxylation is 2. The highest BCUT2D eigenvalue weighted by atomic mass is 16.7. The topological polar surface area (TPSA) is 87.2 Å². The minimum atomic E-state index is -0.666. The zero-order chi connectivity index (χ0) is 29.5. The molecule has 3 aromatic carbocycles. The van der Waals surface area contributed by atoms with E-state index in [2.05, 4.69) is 21.6 Å². The van der Waals surface area contributed by atoms with Gasteiger partial charge in [0, 0.05) is 71.2 Å². The second-order valence-corrected chi connectivity index (χ2v) is 12.6. The highest BCUT2D eigenvalue weighted by molar-refractivity contribution is 6.00. The highest BCUT2D eigenvalue weighted by Gasteiger charge is 2.36. The molecule has 0 spiro atoms. The average molecular weight is 589 g/mol. The second kappa shape index (κ2) is 9.64. The first-order valence-electron chi connectivity index (χ1n) is 15.9. The van der Waals surface area contributed by atoms with Gasteiger partial charge in [-0.2, -0.15) is 0 Å². The van der Waals surface area contributed by atoms with Crippen LogP contribution >= 0.6 is 0 Å². The maximum absolute atomic E-state index is 13.8. The highest BCUT2D eigenvalue weighted by Crippen LogP contribution is 2.48. The summed E-state index contributed by atoms with van der Waals surface area (Å²) >= 11 is 0. The summed E-state index contributed by atoms with van der Waals surface area (Å²) in [5.74, 6) is 0.471. The summed E-state index contributed by atoms with van der Waals surface area (Å²) in [7, 11) is 0. The van der Waals surface area contributed by atoms with Crippen molar-refractivity contribution in [1.29, 1.82) is 0 Å². The van der Waals surface area contributed by atoms with Crippen molar-refractivity contribution in [2.45, 2.75) is 51.4 Å². The number of carbonyl (C=O) groups excluding carboxylic acids is 1. The summed E-state index contributed by atoms with van der Waals surface area (Å²) in [6, 6.07) is 14.7. The number of aromatic hydroxyl groups is 2. The monoisotopic (exact) mass is 588 g/mol. The van der Waals surface area contributed by atoms with Gasteiger partial charge in [0.15, 0.2) is 0 Å². The fourth-order valence-corrected chi connectivity index (χ4v) is 8.31. The molecule has 1 aromatic heterocycles. The fourth-order valence-electron chi connectivity index (χ4n) is 8.31. The molecule has 0 saturated heterocycles. The number of ether oxygens (including phenoxy) is 1. The van der Waals surface area contributed by atoms with Gasteiger partial charge >= 0.3 is 5.97 Å². The molecule has 222 valence electrons. The Kier molecular flexibility index (Phi) is 5.64. The van der Waals surface area contributed by atoms with Crippen molar-refractivity contribution in [1.82, 2.24) is 9.31 Å². The van der Waals surface area contributed by atoms with Crippen LogP contribution < -0.4 is 29.6 Å². The minimum Gasteiger partial charge on any atom is -0.492 e. The van der Waals surface area contributed by atoms with Crippen LogP contribution in [0.3, 0.4) is 0 Å². The number of fused-ring (bicyclic) bond motifs is 4. The third kappa shape index (κ3) is 3.69. The zero-order valence-corrected chi connectivity index (χ0v) is 24.6. The number of benzene rings is 3. The van der Waals surface area contributed by atoms with Crippen LogP contribution in [0.5, 0.6) is 23.3 Å². The third-order valence-electron chi connectivity index (χ3n) is 10.1. The van der Waals surface area contributed by atoms with Crippen LogP contribution in [0.15, 0.2) is 48.5 Å². The summed E-state index contributed by atoms with van der Waals surface area (Å²) in [5, 5.41) is 22.8. The molecular formula is C36H34N3O5+. The van der Waals surface area contributed by atoms with Crippen LogP contribution in [0, 0.1) is 0 Å². The Morgan fingerprint density at radius 3 is 2.36 bits per heavy atom. The molecule has 8 heteroatoms. The lowest BCUT2D eigenvalue weighted by atomic mass is 9.82. The molecule has 5 aliphatic rings. The Bertz CT molecular complexity index is 2020. The Hall–Kier alpha value is -4.72. The van der Waals surface area contributed by atoms with Gasteiger partial charge < -0.3 is 24.7 Å². The lowest BCUT2D eigenvalue weighted by Gasteiger charge is -2.39. The van der Waals surface area contributed by atoms with E-state index in [0.717, 1.165) is 116 Å². The van der Waals surface area contributed by atoms with Crippen LogP contribution in [-0.2, 0) is 25.7 Å². The number of carbonyl (C=O) groups is 1. The minimum absolute atomic E-state index is 0.353. The van der Waals surface area contributed by atoms with E-state index >= 15 is 0 Å². The summed E-state index contributed by atoms with van der Waals surface area (Å²) in [6.45, 7) is 4.31. The van der Waals surface area contributed by atoms with E-state index in [1.807, 2.05) is 18.2 Å². The standard InChI is InChI=1S/C36H33N3O5/c40-29-13-14-30(41)39(29)44-36(42)24-10-2-1-9-23(24)31-27-19-21-7-3-15-37-17-5-11-25(32(21)37)34(27)43-35-26-12-6-18-38-16-4-8-22(33(26)38)20-28(31)35/h1-2,9-10,13-14,19-20,42H,3-8,11-12,15-18H2/p+1. The molecule has 0 aliphatic carbocycles. The normalized spacial score (nSPS) is 17.7. The smallest absolute Gasteiger partial charge is 0.364 e. The van der Waals surface area contributed by atoms with Gasteiger partial charge in [-0.1, -0.05) is 18.2 Å². The van der Waals surface area contributed by atoms with E-state index in [9.17, 15) is 15.0 Å². The largest absolute Gasteiger partial charge is 0.492 e. The maximum atomic E-state index is 13.8. The molecule has 2 N–H and O–H groups in total. The molecule has 0 atom stereocenters. The van der Waals surface area contributed by atoms with Gasteiger partial charge in [-0.3, -0.25) is 0 Å². The first-order valence-corrected chi connectivity index (χ1v) is 15.9. The van der Waals surface area contributed by atoms with E-state index in [0.29, 0.717) is 5.56 Å². The van der Waals surface area contributed by atoms with Crippen LogP contribution in [0.2, 0.25) is 0 Å². The fraction of sp³-hybridized carbons (Fsp3) is 0.333. The van der Waals surface area contributed by atoms with Crippen molar-refractivity contribution in [3.63, 3.8) is 0 Å². The Morgan fingerprint density at radius 1 is 0.795 bits per heavy atom. The Balaban J connectivity index is 1.35. The molecule has 0 radical (unpaired) electrons. The molecule has 9 rings (SSSR count). The third-order valence-corrected chi connectivity index (χ3v) is 10.1. The van der Waals surface area contributed by atoms with Gasteiger partial charge in [-0.15, -0.1) is 4.73 Å². The van der Waals surface area contributed by atoms with Crippen molar-refractivity contribution in [2.75, 3.05) is 31.1 Å². The molecule has 4 aromatic rings. The molecule has 0 unspecified atom stereocenters. The van der Waals surface area contributed by atoms with Crippen molar-refractivity contribution in [3.05, 3.63) is 98.1 Å². The summed E-state index contributed by atoms with van der Waals surface area (Å²) < 4.78 is 10.4. The van der Waals surface area contributed by atoms with Gasteiger partial charge in [0.25, 0.3) is 0 Å². The van der Waals surface area contributed by atoms with Gasteiger partial charge in [0.2, 0.25) is 17.1 Å². The van der Waals surface area contributed by atoms with Crippen molar-refractivity contribution >= 4 is 17.2 Å². The summed E-state index contributed by atoms with van der Waals surface area (Å²) in [4.78, 5) is 21.9. The number of rotatable bonds is 3. The first kappa shape index (κ1) is 25.7. The number of aromatic nitrogens is 1. The molecule has 0 saturated carbocycles. The Morgan fingerprint density at radius 2 is 1.52 bits per heavy atom. The van der Waals surface area contributed by atoms with Crippen molar-refractivity contribution in [2.24, 2.45) is 0 Å². The first-order chi connectivity index (χ1) is 21.6. The van der Waals surface area contributed by atoms with Crippen molar-refractivity contribution < 1.29 is 24.6 Å². The maximum Gasteiger partial charge on any atom is 0.364 e. The van der Waals surface area contributed by atoms with Gasteiger partial charge in [0.1, 0.15) is 24.6 Å². The number of hydrogen-bond donors (Lipinski definition) is 2. The SMILES string of the molecule is O=C(On1c(O)ccc1O)c1ccccc1C1=c2cc3c4c(c2Oc2c1cc1c5c2CCCN5CCC1)CCC[N+]=4CCC3. The summed E-state index contributed by atoms with van der Waals surface area (Å²) in [6.07, 6.45) is 8.40. The quantitative estimate of drug-likeness (QED) is 0.314. The van der Waals surface area contributed by atoms with E-state index in [1.54, 1.807) is 6.07 Å². The predicted octanol–water partition coefficient (Wildman–Crippen LogP) is 3.60. The van der Waals surface area contributed by atoms with Gasteiger partial charge in [0.05, 0.1) is 11.1 Å². The lowest BCUT2D eigenvalue weighted by molar-refractivity contribution is 0.0381. The number of hydrogen-bond acceptors (Lipinski definition) is 6. The van der Waals surface area contributed by atoms with E-state index in [1.165, 1.54) is 45.4 Å². The molecule has 8 nitrogen and oxygen atoms in total. The zero-order valence-electron chi connectivity index (χ0n) is 24.6. The number of nitrogens with zero attached hydrogens (tertiary/aromatic N) is 3. The van der Waals surface area contributed by atoms with Crippen molar-refractivity contribution in [3.8, 4) is 23.3 Å². The molecule has 0 fully saturated rings. The second-order valence-electron chi connectivity index (χ2n) is 12.6. The van der Waals surface area contributed by atoms with Crippen LogP contribution in [0.4, 0.5) is 5.69 Å². The molecule has 6 heterocycles. The summed E-state index contributed by atoms with van der Waals surface area (Å²) in [5.41, 5.74) is 9.73. The van der Waals surface area contributed by atoms with E-state index in [4.69, 9.17) is 9.57 Å². The molecule has 0 amide bonds. The lowest BCUT2D eigenvalue weighted by Crippen LogP contribution is -2.45. The number of anilines is 1. The van der Waals surface area contributed by atoms with Crippen LogP contribution in [0.25, 0.3) is 5.57 Å². The van der Waals surface area contributed by atoms with Crippen LogP contribution in [-0.4, -0.2) is 47.1 Å². The predicted molar refractivity (Wildman–Crippen MR) is 165 cm³/mol. The average Bonchev–Trinajstić information content (AvgIpc) is 3.37. The molecular weight excluding hydrogens is 554 g/mol. The van der Waals surface area contributed by atoms with Crippen LogP contribution in [0.1, 0.15) is 69.4 Å². The molecule has 5 aliphatic heterocycles. The molecule has 0 bridgehead atoms. The van der Waals surface area contributed by atoms with E-state index < -0.39 is 5.97 Å². The Labute approximate surface area is 254 Å². The molecule has 44 heavy (non-hydrogen) atoms. The van der Waals surface area contributed by atoms with Gasteiger partial charge in [-0.05, 0) is 67.9 Å².